The Morgan fingerprint density at radius 1 is 1.35 bits per heavy atom. The van der Waals surface area contributed by atoms with Gasteiger partial charge in [0.25, 0.3) is 0 Å². The molecule has 2 rings (SSSR count). The van der Waals surface area contributed by atoms with Crippen molar-refractivity contribution in [2.45, 2.75) is 6.92 Å². The second-order valence-electron chi connectivity index (χ2n) is 3.50. The minimum absolute atomic E-state index is 0.292. The minimum Gasteiger partial charge on any atom is -0.496 e. The minimum atomic E-state index is 0.292. The van der Waals surface area contributed by atoms with E-state index in [0.29, 0.717) is 27.8 Å². The van der Waals surface area contributed by atoms with E-state index >= 15 is 0 Å². The van der Waals surface area contributed by atoms with Gasteiger partial charge in [0.05, 0.1) is 7.11 Å². The highest BCUT2D eigenvalue weighted by molar-refractivity contribution is 6.31. The molecule has 1 aromatic heterocycles. The summed E-state index contributed by atoms with van der Waals surface area (Å²) in [5.74, 6) is 0.961. The number of rotatable bonds is 2. The second-order valence-corrected chi connectivity index (χ2v) is 3.93. The van der Waals surface area contributed by atoms with E-state index in [0.717, 1.165) is 5.56 Å². The van der Waals surface area contributed by atoms with E-state index < -0.39 is 0 Å². The first-order chi connectivity index (χ1) is 8.13. The lowest BCUT2D eigenvalue weighted by atomic mass is 10.1. The average Bonchev–Trinajstić information content (AvgIpc) is 2.28. The van der Waals surface area contributed by atoms with Crippen LogP contribution in [0.1, 0.15) is 5.56 Å². The van der Waals surface area contributed by atoms with Crippen LogP contribution in [0.2, 0.25) is 5.02 Å². The Morgan fingerprint density at radius 2 is 2.12 bits per heavy atom. The van der Waals surface area contributed by atoms with Crippen molar-refractivity contribution in [2.24, 2.45) is 0 Å². The highest BCUT2D eigenvalue weighted by Crippen LogP contribution is 2.36. The summed E-state index contributed by atoms with van der Waals surface area (Å²) in [5, 5.41) is 8.27. The van der Waals surface area contributed by atoms with Gasteiger partial charge in [0.1, 0.15) is 17.8 Å². The third-order valence-electron chi connectivity index (χ3n) is 2.35. The molecule has 6 heteroatoms. The molecule has 0 saturated carbocycles. The summed E-state index contributed by atoms with van der Waals surface area (Å²) in [5.41, 5.74) is 7.82. The Balaban J connectivity index is 2.70. The highest BCUT2D eigenvalue weighted by atomic mass is 35.5. The number of methoxy groups -OCH3 is 1. The first-order valence-electron chi connectivity index (χ1n) is 4.91. The molecule has 0 atom stereocenters. The van der Waals surface area contributed by atoms with Crippen molar-refractivity contribution < 1.29 is 4.74 Å². The zero-order valence-corrected chi connectivity index (χ0v) is 10.2. The van der Waals surface area contributed by atoms with Gasteiger partial charge in [0.2, 0.25) is 0 Å². The molecule has 5 nitrogen and oxygen atoms in total. The number of nitrogen functional groups attached to an aromatic ring is 1. The molecule has 0 aliphatic heterocycles. The summed E-state index contributed by atoms with van der Waals surface area (Å²) in [7, 11) is 1.58. The van der Waals surface area contributed by atoms with Crippen molar-refractivity contribution in [3.8, 4) is 17.0 Å². The molecule has 0 unspecified atom stereocenters. The van der Waals surface area contributed by atoms with Gasteiger partial charge in [0.15, 0.2) is 5.82 Å². The summed E-state index contributed by atoms with van der Waals surface area (Å²) in [6.45, 7) is 1.90. The van der Waals surface area contributed by atoms with Crippen LogP contribution in [-0.2, 0) is 0 Å². The Morgan fingerprint density at radius 3 is 2.76 bits per heavy atom. The number of anilines is 1. The average molecular weight is 251 g/mol. The zero-order chi connectivity index (χ0) is 12.4. The first-order valence-corrected chi connectivity index (χ1v) is 5.29. The smallest absolute Gasteiger partial charge is 0.153 e. The molecule has 0 spiro atoms. The summed E-state index contributed by atoms with van der Waals surface area (Å²) in [6.07, 6.45) is 1.29. The molecular weight excluding hydrogens is 240 g/mol. The number of ether oxygens (including phenoxy) is 1. The molecule has 17 heavy (non-hydrogen) atoms. The van der Waals surface area contributed by atoms with Crippen LogP contribution in [0.4, 0.5) is 5.82 Å². The van der Waals surface area contributed by atoms with Crippen molar-refractivity contribution >= 4 is 17.4 Å². The maximum atomic E-state index is 6.02. The number of benzene rings is 1. The molecule has 0 amide bonds. The SMILES string of the molecule is COc1c(C)cc(Cl)cc1-c1nncnc1N. The number of nitrogens with two attached hydrogens (primary N) is 1. The van der Waals surface area contributed by atoms with Crippen molar-refractivity contribution in [3.05, 3.63) is 29.0 Å². The van der Waals surface area contributed by atoms with Crippen LogP contribution in [0.25, 0.3) is 11.3 Å². The monoisotopic (exact) mass is 250 g/mol. The first kappa shape index (κ1) is 11.6. The third kappa shape index (κ3) is 2.14. The van der Waals surface area contributed by atoms with Gasteiger partial charge in [-0.3, -0.25) is 0 Å². The van der Waals surface area contributed by atoms with Crippen LogP contribution in [0.5, 0.6) is 5.75 Å². The fourth-order valence-electron chi connectivity index (χ4n) is 1.65. The standard InChI is InChI=1S/C11H11ClN4O/c1-6-3-7(12)4-8(10(6)17-2)9-11(13)14-5-15-16-9/h3-5H,1-2H3,(H2,13,14,15). The third-order valence-corrected chi connectivity index (χ3v) is 2.57. The molecule has 1 aromatic carbocycles. The van der Waals surface area contributed by atoms with Gasteiger partial charge in [0, 0.05) is 10.6 Å². The van der Waals surface area contributed by atoms with E-state index in [1.165, 1.54) is 6.33 Å². The summed E-state index contributed by atoms with van der Waals surface area (Å²) in [4.78, 5) is 3.90. The number of hydrogen-bond acceptors (Lipinski definition) is 5. The number of hydrogen-bond donors (Lipinski definition) is 1. The molecule has 0 fully saturated rings. The molecule has 0 aliphatic carbocycles. The number of halogens is 1. The molecule has 0 radical (unpaired) electrons. The van der Waals surface area contributed by atoms with Gasteiger partial charge in [-0.25, -0.2) is 4.98 Å². The van der Waals surface area contributed by atoms with Gasteiger partial charge >= 0.3 is 0 Å². The Kier molecular flexibility index (Phi) is 3.10. The predicted octanol–water partition coefficient (Wildman–Crippen LogP) is 2.09. The van der Waals surface area contributed by atoms with Gasteiger partial charge in [-0.2, -0.15) is 0 Å². The Labute approximate surface area is 104 Å². The lowest BCUT2D eigenvalue weighted by molar-refractivity contribution is 0.413. The number of aryl methyl sites for hydroxylation is 1. The summed E-state index contributed by atoms with van der Waals surface area (Å²) < 4.78 is 5.33. The molecule has 0 aliphatic rings. The maximum Gasteiger partial charge on any atom is 0.153 e. The number of nitrogens with zero attached hydrogens (tertiary/aromatic N) is 3. The highest BCUT2D eigenvalue weighted by Gasteiger charge is 2.14. The molecule has 0 saturated heterocycles. The van der Waals surface area contributed by atoms with Crippen molar-refractivity contribution in [1.82, 2.24) is 15.2 Å². The molecule has 0 bridgehead atoms. The largest absolute Gasteiger partial charge is 0.496 e. The van der Waals surface area contributed by atoms with Crippen LogP contribution in [-0.4, -0.2) is 22.3 Å². The Bertz CT molecular complexity index is 559. The normalized spacial score (nSPS) is 10.3. The maximum absolute atomic E-state index is 6.02. The Hall–Kier alpha value is -1.88. The van der Waals surface area contributed by atoms with Crippen molar-refractivity contribution in [3.63, 3.8) is 0 Å². The summed E-state index contributed by atoms with van der Waals surface area (Å²) >= 11 is 6.02. The zero-order valence-electron chi connectivity index (χ0n) is 9.44. The molecular formula is C11H11ClN4O. The molecule has 88 valence electrons. The molecule has 1 heterocycles. The van der Waals surface area contributed by atoms with Crippen molar-refractivity contribution in [2.75, 3.05) is 12.8 Å². The van der Waals surface area contributed by atoms with Crippen LogP contribution in [0, 0.1) is 6.92 Å². The van der Waals surface area contributed by atoms with E-state index in [9.17, 15) is 0 Å². The van der Waals surface area contributed by atoms with Crippen LogP contribution in [0.3, 0.4) is 0 Å². The van der Waals surface area contributed by atoms with Gasteiger partial charge in [-0.1, -0.05) is 11.6 Å². The fraction of sp³-hybridized carbons (Fsp3) is 0.182. The van der Waals surface area contributed by atoms with Crippen LogP contribution < -0.4 is 10.5 Å². The lowest BCUT2D eigenvalue weighted by Crippen LogP contribution is -2.01. The molecule has 2 N–H and O–H groups in total. The predicted molar refractivity (Wildman–Crippen MR) is 66.0 cm³/mol. The lowest BCUT2D eigenvalue weighted by Gasteiger charge is -2.11. The topological polar surface area (TPSA) is 73.9 Å². The van der Waals surface area contributed by atoms with Gasteiger partial charge < -0.3 is 10.5 Å². The van der Waals surface area contributed by atoms with Crippen LogP contribution in [0.15, 0.2) is 18.5 Å². The fourth-order valence-corrected chi connectivity index (χ4v) is 1.93. The van der Waals surface area contributed by atoms with Crippen molar-refractivity contribution in [1.29, 1.82) is 0 Å². The summed E-state index contributed by atoms with van der Waals surface area (Å²) in [6, 6.07) is 3.54. The van der Waals surface area contributed by atoms with E-state index in [1.54, 1.807) is 13.2 Å². The second kappa shape index (κ2) is 4.55. The van der Waals surface area contributed by atoms with E-state index in [4.69, 9.17) is 22.1 Å². The number of aromatic nitrogens is 3. The molecule has 2 aromatic rings. The van der Waals surface area contributed by atoms with Crippen LogP contribution >= 0.6 is 11.6 Å². The van der Waals surface area contributed by atoms with E-state index in [-0.39, 0.29) is 0 Å². The quantitative estimate of drug-likeness (QED) is 0.883. The van der Waals surface area contributed by atoms with E-state index in [2.05, 4.69) is 15.2 Å². The van der Waals surface area contributed by atoms with Gasteiger partial charge in [-0.15, -0.1) is 10.2 Å². The van der Waals surface area contributed by atoms with E-state index in [1.807, 2.05) is 13.0 Å². The van der Waals surface area contributed by atoms with Gasteiger partial charge in [-0.05, 0) is 24.6 Å².